The van der Waals surface area contributed by atoms with Gasteiger partial charge in [0.1, 0.15) is 0 Å². The molecule has 0 aliphatic heterocycles. The van der Waals surface area contributed by atoms with Crippen LogP contribution in [0.2, 0.25) is 0 Å². The number of thiol groups is 1. The minimum Gasteiger partial charge on any atom is -0.274 e. The molecule has 3 nitrogen and oxygen atoms in total. The van der Waals surface area contributed by atoms with Crippen molar-refractivity contribution in [3.63, 3.8) is 0 Å². The van der Waals surface area contributed by atoms with E-state index in [1.165, 1.54) is 22.6 Å². The molecule has 0 fully saturated rings. The van der Waals surface area contributed by atoms with E-state index in [4.69, 9.17) is 0 Å². The number of anilines is 1. The SMILES string of the molecule is CC(=O)N(S)c1nccs1. The van der Waals surface area contributed by atoms with E-state index >= 15 is 0 Å². The monoisotopic (exact) mass is 174 g/mol. The number of amides is 1. The minimum atomic E-state index is -0.127. The lowest BCUT2D eigenvalue weighted by Gasteiger charge is -2.06. The Hall–Kier alpha value is -0.550. The molecule has 0 aliphatic carbocycles. The van der Waals surface area contributed by atoms with Crippen LogP contribution in [0.15, 0.2) is 11.6 Å². The first-order chi connectivity index (χ1) is 4.72. The Morgan fingerprint density at radius 1 is 1.90 bits per heavy atom. The summed E-state index contributed by atoms with van der Waals surface area (Å²) in [7, 11) is 0. The van der Waals surface area contributed by atoms with Gasteiger partial charge in [0, 0.05) is 18.5 Å². The lowest BCUT2D eigenvalue weighted by Crippen LogP contribution is -2.15. The summed E-state index contributed by atoms with van der Waals surface area (Å²) >= 11 is 5.29. The molecular weight excluding hydrogens is 168 g/mol. The molecule has 5 heteroatoms. The van der Waals surface area contributed by atoms with Crippen LogP contribution in [0.5, 0.6) is 0 Å². The number of thiazole rings is 1. The summed E-state index contributed by atoms with van der Waals surface area (Å²) in [6.45, 7) is 1.44. The molecule has 1 rings (SSSR count). The van der Waals surface area contributed by atoms with E-state index in [1.54, 1.807) is 11.6 Å². The highest BCUT2D eigenvalue weighted by Crippen LogP contribution is 2.18. The smallest absolute Gasteiger partial charge is 0.235 e. The highest BCUT2D eigenvalue weighted by Gasteiger charge is 2.07. The Balaban J connectivity index is 2.77. The van der Waals surface area contributed by atoms with Crippen LogP contribution in [0.4, 0.5) is 5.13 Å². The van der Waals surface area contributed by atoms with Crippen molar-refractivity contribution in [2.24, 2.45) is 0 Å². The van der Waals surface area contributed by atoms with Gasteiger partial charge >= 0.3 is 0 Å². The quantitative estimate of drug-likeness (QED) is 0.652. The Labute approximate surface area is 68.2 Å². The minimum absolute atomic E-state index is 0.127. The molecule has 0 aromatic carbocycles. The van der Waals surface area contributed by atoms with Crippen molar-refractivity contribution in [2.45, 2.75) is 6.92 Å². The zero-order chi connectivity index (χ0) is 7.56. The number of rotatable bonds is 1. The van der Waals surface area contributed by atoms with Gasteiger partial charge in [-0.25, -0.2) is 9.29 Å². The van der Waals surface area contributed by atoms with Gasteiger partial charge in [-0.1, -0.05) is 12.8 Å². The normalized spacial score (nSPS) is 9.40. The first kappa shape index (κ1) is 7.56. The van der Waals surface area contributed by atoms with E-state index in [0.717, 1.165) is 0 Å². The predicted octanol–water partition coefficient (Wildman–Crippen LogP) is 1.34. The number of carbonyl (C=O) groups excluding carboxylic acids is 1. The van der Waals surface area contributed by atoms with Gasteiger partial charge in [0.25, 0.3) is 0 Å². The van der Waals surface area contributed by atoms with Gasteiger partial charge in [0.15, 0.2) is 0 Å². The van der Waals surface area contributed by atoms with E-state index in [0.29, 0.717) is 5.13 Å². The number of carbonyl (C=O) groups is 1. The lowest BCUT2D eigenvalue weighted by molar-refractivity contribution is -0.115. The zero-order valence-corrected chi connectivity index (χ0v) is 7.02. The molecule has 1 heterocycles. The maximum atomic E-state index is 10.7. The van der Waals surface area contributed by atoms with Crippen molar-refractivity contribution in [1.29, 1.82) is 0 Å². The summed E-state index contributed by atoms with van der Waals surface area (Å²) in [6, 6.07) is 0. The van der Waals surface area contributed by atoms with Crippen molar-refractivity contribution >= 4 is 35.2 Å². The topological polar surface area (TPSA) is 33.2 Å². The number of nitrogens with zero attached hydrogens (tertiary/aromatic N) is 2. The summed E-state index contributed by atoms with van der Waals surface area (Å²) < 4.78 is 1.21. The molecule has 0 saturated carbocycles. The number of hydrogen-bond acceptors (Lipinski definition) is 4. The summed E-state index contributed by atoms with van der Waals surface area (Å²) in [6.07, 6.45) is 1.63. The fourth-order valence-electron chi connectivity index (χ4n) is 0.455. The van der Waals surface area contributed by atoms with Crippen molar-refractivity contribution in [3.05, 3.63) is 11.6 Å². The average Bonchev–Trinajstić information content (AvgIpc) is 2.36. The van der Waals surface area contributed by atoms with Crippen LogP contribution in [-0.4, -0.2) is 10.9 Å². The second kappa shape index (κ2) is 3.03. The van der Waals surface area contributed by atoms with Gasteiger partial charge in [0.2, 0.25) is 11.0 Å². The first-order valence-electron chi connectivity index (χ1n) is 2.61. The van der Waals surface area contributed by atoms with E-state index in [9.17, 15) is 4.79 Å². The summed E-state index contributed by atoms with van der Waals surface area (Å²) in [5, 5.41) is 2.40. The van der Waals surface area contributed by atoms with Gasteiger partial charge in [-0.15, -0.1) is 11.3 Å². The van der Waals surface area contributed by atoms with Crippen LogP contribution in [-0.2, 0) is 4.79 Å². The Bertz CT molecular complexity index is 222. The maximum Gasteiger partial charge on any atom is 0.235 e. The van der Waals surface area contributed by atoms with Crippen LogP contribution in [0.1, 0.15) is 6.92 Å². The van der Waals surface area contributed by atoms with Crippen LogP contribution in [0, 0.1) is 0 Å². The summed E-state index contributed by atoms with van der Waals surface area (Å²) in [4.78, 5) is 14.5. The molecule has 0 atom stereocenters. The van der Waals surface area contributed by atoms with Gasteiger partial charge in [-0.3, -0.25) is 4.79 Å². The standard InChI is InChI=1S/C5H6N2OS2/c1-4(8)7(9)5-6-2-3-10-5/h2-3,9H,1H3. The van der Waals surface area contributed by atoms with Crippen LogP contribution in [0.3, 0.4) is 0 Å². The van der Waals surface area contributed by atoms with Crippen LogP contribution in [0.25, 0.3) is 0 Å². The first-order valence-corrected chi connectivity index (χ1v) is 3.89. The molecule has 0 unspecified atom stereocenters. The van der Waals surface area contributed by atoms with Gasteiger partial charge in [0.05, 0.1) is 0 Å². The average molecular weight is 174 g/mol. The molecule has 0 spiro atoms. The third-order valence-corrected chi connectivity index (χ3v) is 2.26. The van der Waals surface area contributed by atoms with Gasteiger partial charge in [-0.2, -0.15) is 0 Å². The molecule has 1 aromatic rings. The van der Waals surface area contributed by atoms with E-state index in [1.807, 2.05) is 0 Å². The highest BCUT2D eigenvalue weighted by atomic mass is 32.1. The van der Waals surface area contributed by atoms with Crippen molar-refractivity contribution in [2.75, 3.05) is 4.31 Å². The maximum absolute atomic E-state index is 10.7. The molecule has 0 radical (unpaired) electrons. The third kappa shape index (κ3) is 1.48. The molecule has 0 saturated heterocycles. The summed E-state index contributed by atoms with van der Waals surface area (Å²) in [5.74, 6) is -0.127. The second-order valence-corrected chi connectivity index (χ2v) is 2.92. The van der Waals surface area contributed by atoms with Crippen molar-refractivity contribution in [3.8, 4) is 0 Å². The molecular formula is C5H6N2OS2. The Kier molecular flexibility index (Phi) is 2.29. The van der Waals surface area contributed by atoms with Crippen LogP contribution < -0.4 is 4.31 Å². The summed E-state index contributed by atoms with van der Waals surface area (Å²) in [5.41, 5.74) is 0. The van der Waals surface area contributed by atoms with Crippen molar-refractivity contribution < 1.29 is 4.79 Å². The molecule has 0 N–H and O–H groups in total. The lowest BCUT2D eigenvalue weighted by atomic mass is 10.7. The Morgan fingerprint density at radius 3 is 3.00 bits per heavy atom. The second-order valence-electron chi connectivity index (χ2n) is 1.65. The zero-order valence-electron chi connectivity index (χ0n) is 5.31. The predicted molar refractivity (Wildman–Crippen MR) is 44.3 cm³/mol. The van der Waals surface area contributed by atoms with E-state index in [2.05, 4.69) is 17.8 Å². The number of aromatic nitrogens is 1. The highest BCUT2D eigenvalue weighted by molar-refractivity contribution is 7.83. The van der Waals surface area contributed by atoms with E-state index in [-0.39, 0.29) is 5.91 Å². The molecule has 54 valence electrons. The molecule has 1 amide bonds. The fraction of sp³-hybridized carbons (Fsp3) is 0.200. The molecule has 1 aromatic heterocycles. The van der Waals surface area contributed by atoms with E-state index < -0.39 is 0 Å². The third-order valence-electron chi connectivity index (χ3n) is 0.899. The van der Waals surface area contributed by atoms with Gasteiger partial charge < -0.3 is 0 Å². The van der Waals surface area contributed by atoms with Crippen molar-refractivity contribution in [1.82, 2.24) is 4.98 Å². The molecule has 10 heavy (non-hydrogen) atoms. The fourth-order valence-corrected chi connectivity index (χ4v) is 1.24. The Morgan fingerprint density at radius 2 is 2.60 bits per heavy atom. The number of hydrogen-bond donors (Lipinski definition) is 1. The molecule has 0 aliphatic rings. The largest absolute Gasteiger partial charge is 0.274 e. The molecule has 0 bridgehead atoms. The van der Waals surface area contributed by atoms with Gasteiger partial charge in [-0.05, 0) is 0 Å². The van der Waals surface area contributed by atoms with Crippen LogP contribution >= 0.6 is 24.2 Å².